The van der Waals surface area contributed by atoms with E-state index < -0.39 is 0 Å². The summed E-state index contributed by atoms with van der Waals surface area (Å²) < 4.78 is 0. The van der Waals surface area contributed by atoms with Crippen LogP contribution in [0.15, 0.2) is 128 Å². The van der Waals surface area contributed by atoms with Gasteiger partial charge in [-0.25, -0.2) is 9.97 Å². The van der Waals surface area contributed by atoms with Crippen molar-refractivity contribution in [3.63, 3.8) is 0 Å². The molecule has 3 heterocycles. The number of benzene rings is 4. The van der Waals surface area contributed by atoms with Gasteiger partial charge in [0.2, 0.25) is 0 Å². The summed E-state index contributed by atoms with van der Waals surface area (Å²) in [4.78, 5) is 14.4. The Morgan fingerprint density at radius 1 is 0.361 bits per heavy atom. The minimum Gasteiger partial charge on any atom is -0.255 e. The lowest BCUT2D eigenvalue weighted by molar-refractivity contribution is 1.28. The van der Waals surface area contributed by atoms with Crippen molar-refractivity contribution in [2.24, 2.45) is 0 Å². The molecule has 3 heteroatoms. The van der Waals surface area contributed by atoms with Crippen molar-refractivity contribution >= 4 is 32.6 Å². The Hall–Kier alpha value is -4.89. The van der Waals surface area contributed by atoms with E-state index in [1.165, 1.54) is 16.3 Å². The zero-order valence-corrected chi connectivity index (χ0v) is 19.5. The molecule has 0 unspecified atom stereocenters. The second-order valence-electron chi connectivity index (χ2n) is 8.98. The molecule has 168 valence electrons. The highest BCUT2D eigenvalue weighted by atomic mass is 14.8. The molecular formula is C33H21N3. The predicted octanol–water partition coefficient (Wildman–Crippen LogP) is 8.33. The summed E-state index contributed by atoms with van der Waals surface area (Å²) in [6.45, 7) is 0. The molecule has 0 bridgehead atoms. The standard InChI is InChI=1S/C33H21N3/c1-2-6-25-19-26(11-8-22(25)5-1)27-12-9-23-14-16-29(35-32(23)20-27)28-13-10-24-15-17-31(36-33(24)21-28)30-7-3-4-18-34-30/h1-21H. The van der Waals surface area contributed by atoms with Crippen LogP contribution in [-0.4, -0.2) is 15.0 Å². The molecule has 36 heavy (non-hydrogen) atoms. The molecule has 0 amide bonds. The smallest absolute Gasteiger partial charge is 0.0893 e. The fraction of sp³-hybridized carbons (Fsp3) is 0. The number of rotatable bonds is 3. The Balaban J connectivity index is 1.30. The molecule has 0 saturated carbocycles. The Labute approximate surface area is 208 Å². The molecule has 0 aliphatic heterocycles. The third-order valence-corrected chi connectivity index (χ3v) is 6.69. The Morgan fingerprint density at radius 3 is 1.72 bits per heavy atom. The summed E-state index contributed by atoms with van der Waals surface area (Å²) in [6, 6.07) is 42.1. The normalized spacial score (nSPS) is 11.3. The summed E-state index contributed by atoms with van der Waals surface area (Å²) in [5, 5.41) is 4.71. The van der Waals surface area contributed by atoms with Gasteiger partial charge in [-0.1, -0.05) is 78.9 Å². The molecule has 0 saturated heterocycles. The quantitative estimate of drug-likeness (QED) is 0.267. The Morgan fingerprint density at radius 2 is 0.944 bits per heavy atom. The summed E-state index contributed by atoms with van der Waals surface area (Å²) in [5.41, 5.74) is 7.99. The molecule has 0 fully saturated rings. The number of hydrogen-bond donors (Lipinski definition) is 0. The number of nitrogens with zero attached hydrogens (tertiary/aromatic N) is 3. The molecule has 0 aliphatic carbocycles. The highest BCUT2D eigenvalue weighted by molar-refractivity contribution is 5.91. The monoisotopic (exact) mass is 459 g/mol. The van der Waals surface area contributed by atoms with Crippen molar-refractivity contribution in [1.82, 2.24) is 15.0 Å². The third kappa shape index (κ3) is 3.68. The minimum atomic E-state index is 0.867. The molecule has 3 aromatic heterocycles. The van der Waals surface area contributed by atoms with Crippen LogP contribution in [0.3, 0.4) is 0 Å². The van der Waals surface area contributed by atoms with Crippen molar-refractivity contribution in [3.8, 4) is 33.8 Å². The SMILES string of the molecule is c1ccc(-c2ccc3ccc(-c4ccc5ccc(-c6ccc7ccccc7c6)cc5n4)cc3n2)nc1. The molecule has 0 spiro atoms. The van der Waals surface area contributed by atoms with E-state index in [0.717, 1.165) is 50.0 Å². The second kappa shape index (κ2) is 8.40. The average Bonchev–Trinajstić information content (AvgIpc) is 2.96. The molecule has 0 aliphatic rings. The first-order valence-electron chi connectivity index (χ1n) is 12.0. The van der Waals surface area contributed by atoms with Crippen LogP contribution in [0.25, 0.3) is 66.4 Å². The molecule has 4 aromatic carbocycles. The Kier molecular flexibility index (Phi) is 4.78. The van der Waals surface area contributed by atoms with Crippen LogP contribution in [0.1, 0.15) is 0 Å². The number of hydrogen-bond acceptors (Lipinski definition) is 3. The molecule has 0 N–H and O–H groups in total. The van der Waals surface area contributed by atoms with Crippen LogP contribution >= 0.6 is 0 Å². The van der Waals surface area contributed by atoms with Gasteiger partial charge in [0, 0.05) is 22.5 Å². The van der Waals surface area contributed by atoms with E-state index in [1.54, 1.807) is 6.20 Å². The van der Waals surface area contributed by atoms with Crippen LogP contribution in [0.2, 0.25) is 0 Å². The van der Waals surface area contributed by atoms with Gasteiger partial charge < -0.3 is 0 Å². The maximum Gasteiger partial charge on any atom is 0.0893 e. The highest BCUT2D eigenvalue weighted by Crippen LogP contribution is 2.30. The zero-order valence-electron chi connectivity index (χ0n) is 19.5. The largest absolute Gasteiger partial charge is 0.255 e. The molecule has 3 nitrogen and oxygen atoms in total. The topological polar surface area (TPSA) is 38.7 Å². The van der Waals surface area contributed by atoms with Crippen LogP contribution < -0.4 is 0 Å². The summed E-state index contributed by atoms with van der Waals surface area (Å²) in [5.74, 6) is 0. The van der Waals surface area contributed by atoms with Gasteiger partial charge >= 0.3 is 0 Å². The first kappa shape index (κ1) is 20.5. The zero-order chi connectivity index (χ0) is 23.9. The van der Waals surface area contributed by atoms with Crippen molar-refractivity contribution in [2.45, 2.75) is 0 Å². The van der Waals surface area contributed by atoms with Gasteiger partial charge in [-0.2, -0.15) is 0 Å². The lowest BCUT2D eigenvalue weighted by Crippen LogP contribution is -1.90. The highest BCUT2D eigenvalue weighted by Gasteiger charge is 2.08. The van der Waals surface area contributed by atoms with Gasteiger partial charge in [0.25, 0.3) is 0 Å². The minimum absolute atomic E-state index is 0.867. The van der Waals surface area contributed by atoms with E-state index in [4.69, 9.17) is 9.97 Å². The first-order chi connectivity index (χ1) is 17.8. The molecule has 0 atom stereocenters. The lowest BCUT2D eigenvalue weighted by atomic mass is 9.99. The van der Waals surface area contributed by atoms with Gasteiger partial charge in [-0.15, -0.1) is 0 Å². The fourth-order valence-electron chi connectivity index (χ4n) is 4.76. The van der Waals surface area contributed by atoms with Gasteiger partial charge in [0.1, 0.15) is 0 Å². The summed E-state index contributed by atoms with van der Waals surface area (Å²) >= 11 is 0. The van der Waals surface area contributed by atoms with Crippen molar-refractivity contribution in [3.05, 3.63) is 128 Å². The fourth-order valence-corrected chi connectivity index (χ4v) is 4.76. The second-order valence-corrected chi connectivity index (χ2v) is 8.98. The number of aromatic nitrogens is 3. The molecule has 0 radical (unpaired) electrons. The van der Waals surface area contributed by atoms with Crippen molar-refractivity contribution in [2.75, 3.05) is 0 Å². The molecular weight excluding hydrogens is 438 g/mol. The van der Waals surface area contributed by atoms with Crippen LogP contribution in [-0.2, 0) is 0 Å². The lowest BCUT2D eigenvalue weighted by Gasteiger charge is -2.08. The van der Waals surface area contributed by atoms with E-state index in [0.29, 0.717) is 0 Å². The maximum atomic E-state index is 5.04. The average molecular weight is 460 g/mol. The number of pyridine rings is 3. The van der Waals surface area contributed by atoms with E-state index in [1.807, 2.05) is 24.3 Å². The van der Waals surface area contributed by atoms with E-state index >= 15 is 0 Å². The molecule has 7 aromatic rings. The van der Waals surface area contributed by atoms with Crippen LogP contribution in [0.5, 0.6) is 0 Å². The predicted molar refractivity (Wildman–Crippen MR) is 149 cm³/mol. The van der Waals surface area contributed by atoms with Gasteiger partial charge in [0.05, 0.1) is 28.1 Å². The van der Waals surface area contributed by atoms with E-state index in [2.05, 4.69) is 102 Å². The van der Waals surface area contributed by atoms with Crippen LogP contribution in [0.4, 0.5) is 0 Å². The summed E-state index contributed by atoms with van der Waals surface area (Å²) in [7, 11) is 0. The van der Waals surface area contributed by atoms with Gasteiger partial charge in [0.15, 0.2) is 0 Å². The van der Waals surface area contributed by atoms with Crippen molar-refractivity contribution < 1.29 is 0 Å². The van der Waals surface area contributed by atoms with Crippen LogP contribution in [0, 0.1) is 0 Å². The van der Waals surface area contributed by atoms with E-state index in [9.17, 15) is 0 Å². The van der Waals surface area contributed by atoms with Gasteiger partial charge in [-0.3, -0.25) is 4.98 Å². The number of fused-ring (bicyclic) bond motifs is 3. The Bertz CT molecular complexity index is 1890. The third-order valence-electron chi connectivity index (χ3n) is 6.69. The maximum absolute atomic E-state index is 5.04. The van der Waals surface area contributed by atoms with Gasteiger partial charge in [-0.05, 0) is 64.4 Å². The van der Waals surface area contributed by atoms with E-state index in [-0.39, 0.29) is 0 Å². The summed E-state index contributed by atoms with van der Waals surface area (Å²) in [6.07, 6.45) is 1.79. The van der Waals surface area contributed by atoms with Crippen molar-refractivity contribution in [1.29, 1.82) is 0 Å². The molecule has 7 rings (SSSR count). The first-order valence-corrected chi connectivity index (χ1v) is 12.0.